The van der Waals surface area contributed by atoms with Crippen molar-refractivity contribution in [1.82, 2.24) is 15.1 Å². The van der Waals surface area contributed by atoms with Gasteiger partial charge in [0.15, 0.2) is 0 Å². The highest BCUT2D eigenvalue weighted by atomic mass is 19.1. The molecule has 0 fully saturated rings. The molecule has 0 saturated heterocycles. The predicted molar refractivity (Wildman–Crippen MR) is 79.5 cm³/mol. The van der Waals surface area contributed by atoms with Crippen molar-refractivity contribution in [1.29, 1.82) is 0 Å². The molecule has 0 amide bonds. The van der Waals surface area contributed by atoms with Crippen molar-refractivity contribution in [3.05, 3.63) is 53.8 Å². The van der Waals surface area contributed by atoms with Crippen molar-refractivity contribution in [2.45, 2.75) is 19.4 Å². The lowest BCUT2D eigenvalue weighted by molar-refractivity contribution is 0.460. The molecular formula is C16H18FN3O. The lowest BCUT2D eigenvalue weighted by atomic mass is 10.1. The van der Waals surface area contributed by atoms with Crippen LogP contribution in [0.5, 0.6) is 0 Å². The first-order valence-corrected chi connectivity index (χ1v) is 7.09. The number of hydrogen-bond acceptors (Lipinski definition) is 3. The van der Waals surface area contributed by atoms with Gasteiger partial charge in [-0.05, 0) is 43.3 Å². The highest BCUT2D eigenvalue weighted by molar-refractivity contribution is 5.78. The van der Waals surface area contributed by atoms with Crippen molar-refractivity contribution >= 4 is 11.0 Å². The quantitative estimate of drug-likeness (QED) is 0.782. The third-order valence-electron chi connectivity index (χ3n) is 3.41. The van der Waals surface area contributed by atoms with E-state index in [2.05, 4.69) is 17.3 Å². The SMILES string of the molecule is CCCNC(c1ccn(C)n1)c1cc2cc(F)ccc2o1. The van der Waals surface area contributed by atoms with Gasteiger partial charge in [0.2, 0.25) is 0 Å². The first kappa shape index (κ1) is 13.8. The molecule has 1 aromatic carbocycles. The average Bonchev–Trinajstić information content (AvgIpc) is 3.05. The van der Waals surface area contributed by atoms with Gasteiger partial charge < -0.3 is 9.73 Å². The Morgan fingerprint density at radius 1 is 1.33 bits per heavy atom. The van der Waals surface area contributed by atoms with Gasteiger partial charge in [-0.2, -0.15) is 5.10 Å². The molecule has 1 N–H and O–H groups in total. The van der Waals surface area contributed by atoms with E-state index in [1.165, 1.54) is 12.1 Å². The molecule has 4 nitrogen and oxygen atoms in total. The number of aromatic nitrogens is 2. The number of furan rings is 1. The third-order valence-corrected chi connectivity index (χ3v) is 3.41. The maximum Gasteiger partial charge on any atom is 0.134 e. The van der Waals surface area contributed by atoms with Crippen LogP contribution in [0.3, 0.4) is 0 Å². The molecule has 1 unspecified atom stereocenters. The molecule has 3 rings (SSSR count). The minimum atomic E-state index is -0.259. The predicted octanol–water partition coefficient (Wildman–Crippen LogP) is 3.39. The normalized spacial score (nSPS) is 12.9. The van der Waals surface area contributed by atoms with Crippen LogP contribution in [0.25, 0.3) is 11.0 Å². The van der Waals surface area contributed by atoms with E-state index < -0.39 is 0 Å². The molecule has 0 spiro atoms. The maximum absolute atomic E-state index is 13.3. The minimum absolute atomic E-state index is 0.124. The zero-order valence-electron chi connectivity index (χ0n) is 12.1. The van der Waals surface area contributed by atoms with Crippen molar-refractivity contribution in [2.75, 3.05) is 6.54 Å². The van der Waals surface area contributed by atoms with Gasteiger partial charge in [-0.1, -0.05) is 6.92 Å². The van der Waals surface area contributed by atoms with E-state index >= 15 is 0 Å². The molecule has 3 aromatic rings. The molecule has 110 valence electrons. The summed E-state index contributed by atoms with van der Waals surface area (Å²) in [6.07, 6.45) is 2.91. The number of halogens is 1. The Kier molecular flexibility index (Phi) is 3.75. The van der Waals surface area contributed by atoms with Gasteiger partial charge in [0, 0.05) is 18.6 Å². The summed E-state index contributed by atoms with van der Waals surface area (Å²) >= 11 is 0. The molecule has 5 heteroatoms. The van der Waals surface area contributed by atoms with E-state index in [1.807, 2.05) is 25.4 Å². The number of hydrogen-bond donors (Lipinski definition) is 1. The Morgan fingerprint density at radius 3 is 2.90 bits per heavy atom. The molecule has 2 heterocycles. The summed E-state index contributed by atoms with van der Waals surface area (Å²) in [5, 5.41) is 8.64. The Hall–Kier alpha value is -2.14. The van der Waals surface area contributed by atoms with E-state index in [0.29, 0.717) is 5.58 Å². The summed E-state index contributed by atoms with van der Waals surface area (Å²) in [7, 11) is 1.88. The summed E-state index contributed by atoms with van der Waals surface area (Å²) in [4.78, 5) is 0. The smallest absolute Gasteiger partial charge is 0.134 e. The lowest BCUT2D eigenvalue weighted by Crippen LogP contribution is -2.23. The lowest BCUT2D eigenvalue weighted by Gasteiger charge is -2.13. The van der Waals surface area contributed by atoms with Gasteiger partial charge >= 0.3 is 0 Å². The number of nitrogens with one attached hydrogen (secondary N) is 1. The van der Waals surface area contributed by atoms with Gasteiger partial charge in [0.1, 0.15) is 23.2 Å². The number of aryl methyl sites for hydroxylation is 1. The fourth-order valence-corrected chi connectivity index (χ4v) is 2.40. The van der Waals surface area contributed by atoms with E-state index in [1.54, 1.807) is 10.7 Å². The Labute approximate surface area is 122 Å². The number of benzene rings is 1. The van der Waals surface area contributed by atoms with Crippen LogP contribution in [-0.4, -0.2) is 16.3 Å². The number of fused-ring (bicyclic) bond motifs is 1. The molecule has 0 saturated carbocycles. The molecule has 0 aliphatic carbocycles. The molecule has 0 radical (unpaired) electrons. The fraction of sp³-hybridized carbons (Fsp3) is 0.312. The molecule has 0 aliphatic rings. The van der Waals surface area contributed by atoms with Crippen LogP contribution in [0.15, 0.2) is 40.9 Å². The zero-order valence-corrected chi connectivity index (χ0v) is 12.1. The molecule has 21 heavy (non-hydrogen) atoms. The summed E-state index contributed by atoms with van der Waals surface area (Å²) in [6, 6.07) is 8.26. The van der Waals surface area contributed by atoms with Gasteiger partial charge in [0.25, 0.3) is 0 Å². The summed E-state index contributed by atoms with van der Waals surface area (Å²) in [5.41, 5.74) is 1.58. The van der Waals surface area contributed by atoms with Crippen LogP contribution in [0.2, 0.25) is 0 Å². The van der Waals surface area contributed by atoms with Crippen LogP contribution in [0.1, 0.15) is 30.8 Å². The topological polar surface area (TPSA) is 43.0 Å². The highest BCUT2D eigenvalue weighted by Crippen LogP contribution is 2.28. The van der Waals surface area contributed by atoms with Crippen LogP contribution >= 0.6 is 0 Å². The summed E-state index contributed by atoms with van der Waals surface area (Å²) < 4.78 is 20.9. The minimum Gasteiger partial charge on any atom is -0.459 e. The number of rotatable bonds is 5. The van der Waals surface area contributed by atoms with E-state index in [9.17, 15) is 4.39 Å². The zero-order chi connectivity index (χ0) is 14.8. The van der Waals surface area contributed by atoms with Crippen molar-refractivity contribution in [3.8, 4) is 0 Å². The highest BCUT2D eigenvalue weighted by Gasteiger charge is 2.20. The molecule has 0 bridgehead atoms. The van der Waals surface area contributed by atoms with Gasteiger partial charge in [-0.3, -0.25) is 4.68 Å². The van der Waals surface area contributed by atoms with Crippen LogP contribution in [-0.2, 0) is 7.05 Å². The van der Waals surface area contributed by atoms with E-state index in [0.717, 1.165) is 29.8 Å². The van der Waals surface area contributed by atoms with E-state index in [4.69, 9.17) is 4.42 Å². The average molecular weight is 287 g/mol. The maximum atomic E-state index is 13.3. The first-order valence-electron chi connectivity index (χ1n) is 7.09. The molecular weight excluding hydrogens is 269 g/mol. The Morgan fingerprint density at radius 2 is 2.19 bits per heavy atom. The van der Waals surface area contributed by atoms with Crippen molar-refractivity contribution in [2.24, 2.45) is 7.05 Å². The molecule has 2 aromatic heterocycles. The molecule has 1 atom stereocenters. The monoisotopic (exact) mass is 287 g/mol. The molecule has 0 aliphatic heterocycles. The van der Waals surface area contributed by atoms with Gasteiger partial charge in [-0.15, -0.1) is 0 Å². The second kappa shape index (κ2) is 5.69. The van der Waals surface area contributed by atoms with Crippen molar-refractivity contribution < 1.29 is 8.81 Å². The van der Waals surface area contributed by atoms with Crippen molar-refractivity contribution in [3.63, 3.8) is 0 Å². The third kappa shape index (κ3) is 2.83. The Balaban J connectivity index is 2.00. The van der Waals surface area contributed by atoms with Crippen LogP contribution in [0, 0.1) is 5.82 Å². The second-order valence-electron chi connectivity index (χ2n) is 5.13. The summed E-state index contributed by atoms with van der Waals surface area (Å²) in [5.74, 6) is 0.494. The standard InChI is InChI=1S/C16H18FN3O/c1-3-7-18-16(13-6-8-20(2)19-13)15-10-11-9-12(17)4-5-14(11)21-15/h4-6,8-10,16,18H,3,7H2,1-2H3. The van der Waals surface area contributed by atoms with E-state index in [-0.39, 0.29) is 11.9 Å². The number of nitrogens with zero attached hydrogens (tertiary/aromatic N) is 2. The van der Waals surface area contributed by atoms with Crippen LogP contribution in [0.4, 0.5) is 4.39 Å². The van der Waals surface area contributed by atoms with Gasteiger partial charge in [0.05, 0.1) is 5.69 Å². The van der Waals surface area contributed by atoms with Gasteiger partial charge in [-0.25, -0.2) is 4.39 Å². The Bertz CT molecular complexity index is 747. The summed E-state index contributed by atoms with van der Waals surface area (Å²) in [6.45, 7) is 2.96. The largest absolute Gasteiger partial charge is 0.459 e. The van der Waals surface area contributed by atoms with Crippen LogP contribution < -0.4 is 5.32 Å². The first-order chi connectivity index (χ1) is 10.2. The second-order valence-corrected chi connectivity index (χ2v) is 5.13. The fourth-order valence-electron chi connectivity index (χ4n) is 2.40.